The lowest BCUT2D eigenvalue weighted by atomic mass is 9.93. The molecule has 2 rings (SSSR count). The van der Waals surface area contributed by atoms with Crippen molar-refractivity contribution in [3.8, 4) is 0 Å². The summed E-state index contributed by atoms with van der Waals surface area (Å²) in [6.45, 7) is 2.09. The molecule has 0 aromatic heterocycles. The third kappa shape index (κ3) is 1.02. The van der Waals surface area contributed by atoms with Gasteiger partial charge in [-0.15, -0.1) is 0 Å². The van der Waals surface area contributed by atoms with Gasteiger partial charge in [0.15, 0.2) is 0 Å². The van der Waals surface area contributed by atoms with Crippen molar-refractivity contribution in [2.75, 3.05) is 5.73 Å². The summed E-state index contributed by atoms with van der Waals surface area (Å²) in [5.74, 6) is 0. The smallest absolute Gasteiger partial charge is 0.0349 e. The fourth-order valence-electron chi connectivity index (χ4n) is 1.69. The Bertz CT molecular complexity index is 337. The molecule has 0 bridgehead atoms. The number of benzene rings is 1. The zero-order chi connectivity index (χ0) is 8.55. The Morgan fingerprint density at radius 1 is 1.33 bits per heavy atom. The Labute approximate surface area is 72.9 Å². The van der Waals surface area contributed by atoms with Crippen LogP contribution in [0.15, 0.2) is 18.2 Å². The number of rotatable bonds is 0. The van der Waals surface area contributed by atoms with Crippen molar-refractivity contribution in [2.45, 2.75) is 19.8 Å². The molecule has 62 valence electrons. The Morgan fingerprint density at radius 2 is 2.17 bits per heavy atom. The summed E-state index contributed by atoms with van der Waals surface area (Å²) in [6.07, 6.45) is 6.72. The van der Waals surface area contributed by atoms with E-state index in [1.54, 1.807) is 0 Å². The second kappa shape index (κ2) is 2.67. The molecule has 0 atom stereocenters. The summed E-state index contributed by atoms with van der Waals surface area (Å²) in [5, 5.41) is 0. The van der Waals surface area contributed by atoms with Crippen LogP contribution in [0, 0.1) is 6.92 Å². The maximum absolute atomic E-state index is 5.81. The lowest BCUT2D eigenvalue weighted by Gasteiger charge is -2.14. The molecule has 0 fully saturated rings. The molecule has 0 amide bonds. The predicted molar refractivity (Wildman–Crippen MR) is 52.9 cm³/mol. The van der Waals surface area contributed by atoms with E-state index in [1.165, 1.54) is 16.7 Å². The van der Waals surface area contributed by atoms with Crippen LogP contribution in [-0.2, 0) is 6.42 Å². The number of anilines is 1. The molecule has 0 heterocycles. The van der Waals surface area contributed by atoms with Crippen molar-refractivity contribution in [2.24, 2.45) is 0 Å². The molecule has 1 aliphatic rings. The highest BCUT2D eigenvalue weighted by molar-refractivity contribution is 5.66. The second-order valence-corrected chi connectivity index (χ2v) is 3.29. The molecule has 1 aromatic rings. The molecule has 2 N–H and O–H groups in total. The molecule has 0 spiro atoms. The monoisotopic (exact) mass is 159 g/mol. The summed E-state index contributed by atoms with van der Waals surface area (Å²) in [4.78, 5) is 0. The molecule has 0 saturated heterocycles. The van der Waals surface area contributed by atoms with E-state index < -0.39 is 0 Å². The van der Waals surface area contributed by atoms with Crippen molar-refractivity contribution in [1.82, 2.24) is 0 Å². The van der Waals surface area contributed by atoms with E-state index in [4.69, 9.17) is 5.73 Å². The number of fused-ring (bicyclic) bond motifs is 1. The maximum atomic E-state index is 5.81. The highest BCUT2D eigenvalue weighted by atomic mass is 14.6. The van der Waals surface area contributed by atoms with Crippen molar-refractivity contribution < 1.29 is 0 Å². The minimum Gasteiger partial charge on any atom is -0.398 e. The van der Waals surface area contributed by atoms with Gasteiger partial charge in [-0.25, -0.2) is 0 Å². The zero-order valence-corrected chi connectivity index (χ0v) is 7.30. The van der Waals surface area contributed by atoms with Gasteiger partial charge < -0.3 is 5.73 Å². The summed E-state index contributed by atoms with van der Waals surface area (Å²) in [6, 6.07) is 4.15. The van der Waals surface area contributed by atoms with Gasteiger partial charge in [0.2, 0.25) is 0 Å². The van der Waals surface area contributed by atoms with E-state index in [-0.39, 0.29) is 0 Å². The van der Waals surface area contributed by atoms with Crippen molar-refractivity contribution in [3.05, 3.63) is 34.9 Å². The van der Waals surface area contributed by atoms with Gasteiger partial charge in [-0.05, 0) is 42.5 Å². The topological polar surface area (TPSA) is 26.0 Å². The standard InChI is InChI=1S/C11H13N/c1-8-10-5-3-2-4-9(10)6-7-11(8)12/h3,5-7H,2,4,12H2,1H3. The van der Waals surface area contributed by atoms with Crippen LogP contribution >= 0.6 is 0 Å². The molecule has 0 aliphatic heterocycles. The Hall–Kier alpha value is -1.24. The molecule has 0 saturated carbocycles. The minimum atomic E-state index is 0.903. The Balaban J connectivity index is 2.64. The number of nitrogens with two attached hydrogens (primary N) is 1. The quantitative estimate of drug-likeness (QED) is 0.578. The van der Waals surface area contributed by atoms with Gasteiger partial charge in [0.1, 0.15) is 0 Å². The van der Waals surface area contributed by atoms with Crippen LogP contribution in [0.1, 0.15) is 23.1 Å². The van der Waals surface area contributed by atoms with Crippen molar-refractivity contribution in [1.29, 1.82) is 0 Å². The highest BCUT2D eigenvalue weighted by Crippen LogP contribution is 2.25. The van der Waals surface area contributed by atoms with Crippen molar-refractivity contribution >= 4 is 11.8 Å². The molecule has 12 heavy (non-hydrogen) atoms. The maximum Gasteiger partial charge on any atom is 0.0349 e. The number of aryl methyl sites for hydroxylation is 1. The van der Waals surface area contributed by atoms with Gasteiger partial charge in [0.05, 0.1) is 0 Å². The SMILES string of the molecule is Cc1c(N)ccc2c1C=CCC2. The molecular weight excluding hydrogens is 146 g/mol. The fourth-order valence-corrected chi connectivity index (χ4v) is 1.69. The van der Waals surface area contributed by atoms with Gasteiger partial charge in [-0.3, -0.25) is 0 Å². The third-order valence-corrected chi connectivity index (χ3v) is 2.51. The summed E-state index contributed by atoms with van der Waals surface area (Å²) in [7, 11) is 0. The van der Waals surface area contributed by atoms with Crippen LogP contribution < -0.4 is 5.73 Å². The summed E-state index contributed by atoms with van der Waals surface area (Å²) < 4.78 is 0. The molecule has 1 heteroatoms. The van der Waals surface area contributed by atoms with Crippen LogP contribution in [0.25, 0.3) is 6.08 Å². The van der Waals surface area contributed by atoms with E-state index in [9.17, 15) is 0 Å². The van der Waals surface area contributed by atoms with Crippen molar-refractivity contribution in [3.63, 3.8) is 0 Å². The lowest BCUT2D eigenvalue weighted by molar-refractivity contribution is 0.982. The van der Waals surface area contributed by atoms with Gasteiger partial charge in [-0.1, -0.05) is 18.2 Å². The van der Waals surface area contributed by atoms with Crippen LogP contribution in [-0.4, -0.2) is 0 Å². The number of hydrogen-bond donors (Lipinski definition) is 1. The van der Waals surface area contributed by atoms with E-state index in [2.05, 4.69) is 25.1 Å². The van der Waals surface area contributed by atoms with Gasteiger partial charge in [0, 0.05) is 5.69 Å². The summed E-state index contributed by atoms with van der Waals surface area (Å²) in [5.41, 5.74) is 10.7. The van der Waals surface area contributed by atoms with E-state index >= 15 is 0 Å². The van der Waals surface area contributed by atoms with E-state index in [0.717, 1.165) is 18.5 Å². The first kappa shape index (κ1) is 7.41. The van der Waals surface area contributed by atoms with E-state index in [1.807, 2.05) is 6.07 Å². The first-order valence-corrected chi connectivity index (χ1v) is 4.33. The largest absolute Gasteiger partial charge is 0.398 e. The van der Waals surface area contributed by atoms with Gasteiger partial charge >= 0.3 is 0 Å². The van der Waals surface area contributed by atoms with Crippen LogP contribution in [0.4, 0.5) is 5.69 Å². The van der Waals surface area contributed by atoms with Crippen LogP contribution in [0.2, 0.25) is 0 Å². The first-order chi connectivity index (χ1) is 5.79. The molecule has 1 nitrogen and oxygen atoms in total. The van der Waals surface area contributed by atoms with Crippen LogP contribution in [0.3, 0.4) is 0 Å². The van der Waals surface area contributed by atoms with Gasteiger partial charge in [0.25, 0.3) is 0 Å². The molecular formula is C11H13N. The molecule has 1 aliphatic carbocycles. The van der Waals surface area contributed by atoms with Crippen LogP contribution in [0.5, 0.6) is 0 Å². The second-order valence-electron chi connectivity index (χ2n) is 3.29. The Kier molecular flexibility index (Phi) is 1.65. The number of nitrogen functional groups attached to an aromatic ring is 1. The van der Waals surface area contributed by atoms with E-state index in [0.29, 0.717) is 0 Å². The zero-order valence-electron chi connectivity index (χ0n) is 7.30. The molecule has 1 aromatic carbocycles. The predicted octanol–water partition coefficient (Wildman–Crippen LogP) is 2.54. The third-order valence-electron chi connectivity index (χ3n) is 2.51. The summed E-state index contributed by atoms with van der Waals surface area (Å²) >= 11 is 0. The first-order valence-electron chi connectivity index (χ1n) is 4.33. The van der Waals surface area contributed by atoms with Gasteiger partial charge in [-0.2, -0.15) is 0 Å². The number of hydrogen-bond acceptors (Lipinski definition) is 1. The lowest BCUT2D eigenvalue weighted by Crippen LogP contribution is -1.99. The Morgan fingerprint density at radius 3 is 3.00 bits per heavy atom. The highest BCUT2D eigenvalue weighted by Gasteiger charge is 2.07. The number of allylic oxidation sites excluding steroid dienone is 1. The normalized spacial score (nSPS) is 14.4. The average Bonchev–Trinajstić information content (AvgIpc) is 2.12. The molecule has 0 unspecified atom stereocenters. The average molecular weight is 159 g/mol. The molecule has 0 radical (unpaired) electrons. The minimum absolute atomic E-state index is 0.903. The fraction of sp³-hybridized carbons (Fsp3) is 0.273.